The summed E-state index contributed by atoms with van der Waals surface area (Å²) in [5.41, 5.74) is 4.47. The summed E-state index contributed by atoms with van der Waals surface area (Å²) in [5.74, 6) is 0.531. The standard InChI is InChI=1S/C24H27N7O2S/c1-15(32)26-18-4-3-5-19(12-18)27-24-25-13-17-6-7-20-23(22(17)29-24)28-21(34-20)14-30-8-10-31(11-9-30)16(2)33/h3-5,12-13H,6-11,14H2,1-2H3,(H,26,32)(H,25,27,29). The Morgan fingerprint density at radius 2 is 1.82 bits per heavy atom. The van der Waals surface area contributed by atoms with Gasteiger partial charge in [-0.15, -0.1) is 11.3 Å². The number of hydrogen-bond donors (Lipinski definition) is 2. The first-order chi connectivity index (χ1) is 16.4. The third-order valence-corrected chi connectivity index (χ3v) is 7.17. The minimum Gasteiger partial charge on any atom is -0.340 e. The lowest BCUT2D eigenvalue weighted by Crippen LogP contribution is -2.47. The summed E-state index contributed by atoms with van der Waals surface area (Å²) in [4.78, 5) is 42.7. The van der Waals surface area contributed by atoms with E-state index in [4.69, 9.17) is 9.97 Å². The first kappa shape index (κ1) is 22.4. The molecule has 1 saturated heterocycles. The van der Waals surface area contributed by atoms with Crippen LogP contribution >= 0.6 is 11.3 Å². The molecule has 3 heterocycles. The van der Waals surface area contributed by atoms with Crippen LogP contribution in [0.5, 0.6) is 0 Å². The Morgan fingerprint density at radius 1 is 1.03 bits per heavy atom. The Bertz CT molecular complexity index is 1230. The summed E-state index contributed by atoms with van der Waals surface area (Å²) in [6.45, 7) is 7.20. The van der Waals surface area contributed by atoms with Gasteiger partial charge in [0.2, 0.25) is 17.8 Å². The smallest absolute Gasteiger partial charge is 0.227 e. The van der Waals surface area contributed by atoms with E-state index in [2.05, 4.69) is 20.5 Å². The molecule has 5 rings (SSSR count). The van der Waals surface area contributed by atoms with Crippen molar-refractivity contribution < 1.29 is 9.59 Å². The van der Waals surface area contributed by atoms with E-state index >= 15 is 0 Å². The predicted molar refractivity (Wildman–Crippen MR) is 132 cm³/mol. The Balaban J connectivity index is 1.32. The zero-order valence-corrected chi connectivity index (χ0v) is 20.1. The van der Waals surface area contributed by atoms with Crippen LogP contribution in [0.4, 0.5) is 17.3 Å². The van der Waals surface area contributed by atoms with Gasteiger partial charge in [-0.05, 0) is 36.6 Å². The summed E-state index contributed by atoms with van der Waals surface area (Å²) < 4.78 is 0. The zero-order chi connectivity index (χ0) is 23.7. The molecular formula is C24H27N7O2S. The van der Waals surface area contributed by atoms with Crippen LogP contribution in [-0.2, 0) is 29.0 Å². The number of fused-ring (bicyclic) bond motifs is 3. The lowest BCUT2D eigenvalue weighted by Gasteiger charge is -2.33. The van der Waals surface area contributed by atoms with E-state index in [0.717, 1.165) is 73.2 Å². The van der Waals surface area contributed by atoms with Crippen molar-refractivity contribution in [2.75, 3.05) is 36.8 Å². The van der Waals surface area contributed by atoms with Gasteiger partial charge in [-0.2, -0.15) is 0 Å². The molecule has 2 aliphatic rings. The predicted octanol–water partition coefficient (Wildman–Crippen LogP) is 3.06. The monoisotopic (exact) mass is 477 g/mol. The number of benzene rings is 1. The van der Waals surface area contributed by atoms with Gasteiger partial charge in [-0.3, -0.25) is 14.5 Å². The van der Waals surface area contributed by atoms with Crippen LogP contribution in [0.3, 0.4) is 0 Å². The fourth-order valence-electron chi connectivity index (χ4n) is 4.34. The minimum atomic E-state index is -0.116. The highest BCUT2D eigenvalue weighted by Gasteiger charge is 2.25. The van der Waals surface area contributed by atoms with E-state index in [1.807, 2.05) is 35.4 Å². The number of carbonyl (C=O) groups is 2. The van der Waals surface area contributed by atoms with E-state index in [0.29, 0.717) is 11.6 Å². The van der Waals surface area contributed by atoms with Crippen molar-refractivity contribution in [2.45, 2.75) is 33.2 Å². The first-order valence-corrected chi connectivity index (χ1v) is 12.2. The molecule has 1 aliphatic heterocycles. The van der Waals surface area contributed by atoms with Crippen LogP contribution < -0.4 is 10.6 Å². The molecule has 176 valence electrons. The average molecular weight is 478 g/mol. The largest absolute Gasteiger partial charge is 0.340 e. The number of rotatable bonds is 5. The van der Waals surface area contributed by atoms with Gasteiger partial charge < -0.3 is 15.5 Å². The van der Waals surface area contributed by atoms with E-state index < -0.39 is 0 Å². The van der Waals surface area contributed by atoms with Gasteiger partial charge in [-0.1, -0.05) is 6.07 Å². The number of amides is 2. The quantitative estimate of drug-likeness (QED) is 0.582. The molecule has 1 aromatic carbocycles. The van der Waals surface area contributed by atoms with Gasteiger partial charge in [0.05, 0.1) is 12.2 Å². The van der Waals surface area contributed by atoms with Crippen molar-refractivity contribution in [1.82, 2.24) is 24.8 Å². The Hall–Kier alpha value is -3.37. The van der Waals surface area contributed by atoms with E-state index in [9.17, 15) is 9.59 Å². The molecule has 3 aromatic rings. The molecule has 2 aromatic heterocycles. The highest BCUT2D eigenvalue weighted by atomic mass is 32.1. The van der Waals surface area contributed by atoms with Crippen molar-refractivity contribution >= 4 is 40.5 Å². The van der Waals surface area contributed by atoms with Crippen LogP contribution in [0.15, 0.2) is 30.5 Å². The topological polar surface area (TPSA) is 103 Å². The molecule has 1 aliphatic carbocycles. The normalized spacial score (nSPS) is 15.4. The van der Waals surface area contributed by atoms with Gasteiger partial charge in [-0.25, -0.2) is 15.0 Å². The fourth-order valence-corrected chi connectivity index (χ4v) is 5.46. The molecule has 34 heavy (non-hydrogen) atoms. The fraction of sp³-hybridized carbons (Fsp3) is 0.375. The number of piperazine rings is 1. The second kappa shape index (κ2) is 9.47. The number of hydrogen-bond acceptors (Lipinski definition) is 8. The number of aromatic nitrogens is 3. The summed E-state index contributed by atoms with van der Waals surface area (Å²) in [7, 11) is 0. The number of anilines is 3. The Kier molecular flexibility index (Phi) is 6.25. The van der Waals surface area contributed by atoms with Crippen molar-refractivity contribution in [1.29, 1.82) is 0 Å². The van der Waals surface area contributed by atoms with Gasteiger partial charge in [0.15, 0.2) is 0 Å². The lowest BCUT2D eigenvalue weighted by atomic mass is 10.00. The number of aryl methyl sites for hydroxylation is 2. The molecule has 0 atom stereocenters. The lowest BCUT2D eigenvalue weighted by molar-refractivity contribution is -0.130. The molecule has 1 fully saturated rings. The second-order valence-electron chi connectivity index (χ2n) is 8.62. The molecule has 2 amide bonds. The average Bonchev–Trinajstić information content (AvgIpc) is 3.22. The van der Waals surface area contributed by atoms with Crippen LogP contribution in [-0.4, -0.2) is 62.7 Å². The summed E-state index contributed by atoms with van der Waals surface area (Å²) in [6, 6.07) is 7.46. The van der Waals surface area contributed by atoms with E-state index in [-0.39, 0.29) is 11.8 Å². The third kappa shape index (κ3) is 4.92. The summed E-state index contributed by atoms with van der Waals surface area (Å²) in [6.07, 6.45) is 3.73. The molecular weight excluding hydrogens is 450 g/mol. The first-order valence-electron chi connectivity index (χ1n) is 11.4. The molecule has 0 spiro atoms. The number of nitrogens with zero attached hydrogens (tertiary/aromatic N) is 5. The molecule has 0 saturated carbocycles. The maximum atomic E-state index is 11.6. The van der Waals surface area contributed by atoms with Crippen LogP contribution in [0.2, 0.25) is 0 Å². The zero-order valence-electron chi connectivity index (χ0n) is 19.3. The molecule has 2 N–H and O–H groups in total. The number of carbonyl (C=O) groups excluding carboxylic acids is 2. The van der Waals surface area contributed by atoms with Crippen molar-refractivity contribution in [3.8, 4) is 11.4 Å². The molecule has 0 unspecified atom stereocenters. The van der Waals surface area contributed by atoms with Crippen LogP contribution in [0.1, 0.15) is 29.3 Å². The van der Waals surface area contributed by atoms with Gasteiger partial charge in [0.1, 0.15) is 10.7 Å². The molecule has 9 nitrogen and oxygen atoms in total. The third-order valence-electron chi connectivity index (χ3n) is 6.07. The van der Waals surface area contributed by atoms with Crippen molar-refractivity contribution in [2.24, 2.45) is 0 Å². The Morgan fingerprint density at radius 3 is 2.59 bits per heavy atom. The second-order valence-corrected chi connectivity index (χ2v) is 9.78. The van der Waals surface area contributed by atoms with Gasteiger partial charge in [0.25, 0.3) is 0 Å². The molecule has 0 radical (unpaired) electrons. The molecule has 0 bridgehead atoms. The van der Waals surface area contributed by atoms with Crippen molar-refractivity contribution in [3.05, 3.63) is 45.9 Å². The number of thiazole rings is 1. The maximum absolute atomic E-state index is 11.6. The van der Waals surface area contributed by atoms with Crippen LogP contribution in [0.25, 0.3) is 11.4 Å². The minimum absolute atomic E-state index is 0.116. The highest BCUT2D eigenvalue weighted by molar-refractivity contribution is 7.12. The van der Waals surface area contributed by atoms with Gasteiger partial charge in [0, 0.05) is 62.5 Å². The Labute approximate surface area is 202 Å². The van der Waals surface area contributed by atoms with Crippen molar-refractivity contribution in [3.63, 3.8) is 0 Å². The summed E-state index contributed by atoms with van der Waals surface area (Å²) in [5, 5.41) is 7.12. The summed E-state index contributed by atoms with van der Waals surface area (Å²) >= 11 is 1.76. The van der Waals surface area contributed by atoms with Gasteiger partial charge >= 0.3 is 0 Å². The molecule has 10 heteroatoms. The maximum Gasteiger partial charge on any atom is 0.227 e. The highest BCUT2D eigenvalue weighted by Crippen LogP contribution is 2.36. The van der Waals surface area contributed by atoms with Crippen LogP contribution in [0, 0.1) is 0 Å². The SMILES string of the molecule is CC(=O)Nc1cccc(Nc2ncc3c(n2)-c2nc(CN4CCN(C(C)=O)CC4)sc2CC3)c1. The number of nitrogens with one attached hydrogen (secondary N) is 2. The van der Waals surface area contributed by atoms with E-state index in [1.165, 1.54) is 11.8 Å². The van der Waals surface area contributed by atoms with E-state index in [1.54, 1.807) is 18.3 Å².